The zero-order valence-electron chi connectivity index (χ0n) is 21.2. The summed E-state index contributed by atoms with van der Waals surface area (Å²) < 4.78 is 16.2. The van der Waals surface area contributed by atoms with Crippen molar-refractivity contribution in [1.29, 1.82) is 0 Å². The van der Waals surface area contributed by atoms with Gasteiger partial charge in [0.15, 0.2) is 11.5 Å². The number of piperidine rings is 1. The molecule has 2 fully saturated rings. The Labute approximate surface area is 220 Å². The number of esters is 1. The van der Waals surface area contributed by atoms with E-state index >= 15 is 0 Å². The Morgan fingerprint density at radius 2 is 2.00 bits per heavy atom. The van der Waals surface area contributed by atoms with Crippen molar-refractivity contribution in [3.05, 3.63) is 39.8 Å². The molecule has 2 N–H and O–H groups in total. The third kappa shape index (κ3) is 4.51. The highest BCUT2D eigenvalue weighted by molar-refractivity contribution is 7.17. The molecule has 0 unspecified atom stereocenters. The van der Waals surface area contributed by atoms with Crippen LogP contribution in [0.3, 0.4) is 0 Å². The first-order chi connectivity index (χ1) is 18.0. The van der Waals surface area contributed by atoms with Gasteiger partial charge < -0.3 is 24.6 Å². The van der Waals surface area contributed by atoms with Gasteiger partial charge in [0.25, 0.3) is 0 Å². The van der Waals surface area contributed by atoms with E-state index in [0.717, 1.165) is 68.2 Å². The average molecular weight is 527 g/mol. The molecule has 9 heteroatoms. The van der Waals surface area contributed by atoms with Crippen LogP contribution < -0.4 is 14.8 Å². The molecule has 1 saturated carbocycles. The number of aryl methyl sites for hydroxylation is 1. The highest BCUT2D eigenvalue weighted by Crippen LogP contribution is 2.50. The number of thiophene rings is 1. The summed E-state index contributed by atoms with van der Waals surface area (Å²) in [5, 5.41) is 15.2. The number of aliphatic hydroxyl groups is 1. The van der Waals surface area contributed by atoms with Gasteiger partial charge in [-0.1, -0.05) is 18.9 Å². The number of carbonyl (C=O) groups excluding carboxylic acids is 2. The van der Waals surface area contributed by atoms with Crippen LogP contribution in [0.1, 0.15) is 77.3 Å². The van der Waals surface area contributed by atoms with Gasteiger partial charge in [-0.05, 0) is 68.2 Å². The minimum Gasteiger partial charge on any atom is -0.465 e. The Bertz CT molecular complexity index is 1210. The van der Waals surface area contributed by atoms with Crippen LogP contribution in [-0.2, 0) is 22.4 Å². The number of ether oxygens (including phenoxy) is 3. The van der Waals surface area contributed by atoms with E-state index < -0.39 is 11.6 Å². The molecular weight excluding hydrogens is 492 g/mol. The van der Waals surface area contributed by atoms with Crippen molar-refractivity contribution >= 4 is 28.2 Å². The maximum absolute atomic E-state index is 13.5. The van der Waals surface area contributed by atoms with E-state index in [2.05, 4.69) is 10.2 Å². The summed E-state index contributed by atoms with van der Waals surface area (Å²) in [6.45, 7) is 0.995. The molecule has 198 valence electrons. The second kappa shape index (κ2) is 9.93. The van der Waals surface area contributed by atoms with Gasteiger partial charge in [-0.15, -0.1) is 11.3 Å². The van der Waals surface area contributed by atoms with E-state index in [9.17, 15) is 14.7 Å². The Kier molecular flexibility index (Phi) is 6.63. The van der Waals surface area contributed by atoms with Gasteiger partial charge in [0.2, 0.25) is 12.7 Å². The second-order valence-electron chi connectivity index (χ2n) is 10.7. The fourth-order valence-corrected chi connectivity index (χ4v) is 8.08. The van der Waals surface area contributed by atoms with Gasteiger partial charge in [0, 0.05) is 23.4 Å². The average Bonchev–Trinajstić information content (AvgIpc) is 3.51. The third-order valence-corrected chi connectivity index (χ3v) is 9.78. The quantitative estimate of drug-likeness (QED) is 0.556. The van der Waals surface area contributed by atoms with Crippen LogP contribution in [0.15, 0.2) is 18.2 Å². The number of nitrogens with zero attached hydrogens (tertiary/aromatic N) is 1. The highest BCUT2D eigenvalue weighted by atomic mass is 32.1. The number of rotatable bonds is 5. The number of benzene rings is 1. The molecular formula is C28H34N2O6S. The van der Waals surface area contributed by atoms with Gasteiger partial charge in [0.1, 0.15) is 5.00 Å². The number of hydrogen-bond donors (Lipinski definition) is 2. The lowest BCUT2D eigenvalue weighted by atomic mass is 9.66. The SMILES string of the molecule is COC(=O)c1c(NC(=O)CN2CC[C@]3(O)CCCC[C@H]3[C@@H]2c2ccc3c(c2)OCO3)sc2c1CCCC2. The number of nitrogens with one attached hydrogen (secondary N) is 1. The van der Waals surface area contributed by atoms with Gasteiger partial charge in [0.05, 0.1) is 24.8 Å². The smallest absolute Gasteiger partial charge is 0.341 e. The van der Waals surface area contributed by atoms with Crippen molar-refractivity contribution in [2.75, 3.05) is 32.3 Å². The molecule has 1 saturated heterocycles. The minimum absolute atomic E-state index is 0.0304. The molecule has 2 aliphatic heterocycles. The third-order valence-electron chi connectivity index (χ3n) is 8.57. The maximum atomic E-state index is 13.5. The largest absolute Gasteiger partial charge is 0.465 e. The zero-order valence-corrected chi connectivity index (χ0v) is 22.0. The fourth-order valence-electron chi connectivity index (χ4n) is 6.78. The van der Waals surface area contributed by atoms with Crippen LogP contribution >= 0.6 is 11.3 Å². The van der Waals surface area contributed by atoms with Crippen molar-refractivity contribution in [1.82, 2.24) is 4.90 Å². The van der Waals surface area contributed by atoms with E-state index in [1.807, 2.05) is 18.2 Å². The van der Waals surface area contributed by atoms with Crippen molar-refractivity contribution < 1.29 is 28.9 Å². The van der Waals surface area contributed by atoms with Gasteiger partial charge in [-0.3, -0.25) is 9.69 Å². The first kappa shape index (κ1) is 24.7. The fraction of sp³-hybridized carbons (Fsp3) is 0.571. The lowest BCUT2D eigenvalue weighted by Crippen LogP contribution is -2.56. The summed E-state index contributed by atoms with van der Waals surface area (Å²) in [5.41, 5.74) is 1.85. The summed E-state index contributed by atoms with van der Waals surface area (Å²) in [6.07, 6.45) is 8.35. The van der Waals surface area contributed by atoms with Gasteiger partial charge >= 0.3 is 5.97 Å². The molecule has 0 radical (unpaired) electrons. The Hall–Kier alpha value is -2.62. The van der Waals surface area contributed by atoms with Crippen LogP contribution in [0.25, 0.3) is 0 Å². The molecule has 3 atom stereocenters. The molecule has 4 aliphatic rings. The molecule has 6 rings (SSSR count). The Morgan fingerprint density at radius 1 is 1.16 bits per heavy atom. The molecule has 2 aliphatic carbocycles. The van der Waals surface area contributed by atoms with Crippen molar-refractivity contribution in [3.63, 3.8) is 0 Å². The number of carbonyl (C=O) groups is 2. The first-order valence-electron chi connectivity index (χ1n) is 13.4. The number of methoxy groups -OCH3 is 1. The Morgan fingerprint density at radius 3 is 2.86 bits per heavy atom. The predicted octanol–water partition coefficient (Wildman–Crippen LogP) is 4.45. The summed E-state index contributed by atoms with van der Waals surface area (Å²) >= 11 is 1.50. The van der Waals surface area contributed by atoms with Crippen LogP contribution in [0.4, 0.5) is 5.00 Å². The van der Waals surface area contributed by atoms with Crippen LogP contribution in [-0.4, -0.2) is 54.5 Å². The van der Waals surface area contributed by atoms with E-state index in [1.54, 1.807) is 0 Å². The molecule has 37 heavy (non-hydrogen) atoms. The molecule has 3 heterocycles. The van der Waals surface area contributed by atoms with Gasteiger partial charge in [-0.25, -0.2) is 4.79 Å². The molecule has 0 spiro atoms. The predicted molar refractivity (Wildman–Crippen MR) is 139 cm³/mol. The normalized spacial score (nSPS) is 26.8. The lowest BCUT2D eigenvalue weighted by molar-refractivity contribution is -0.135. The second-order valence-corrected chi connectivity index (χ2v) is 11.8. The van der Waals surface area contributed by atoms with Crippen LogP contribution in [0, 0.1) is 5.92 Å². The van der Waals surface area contributed by atoms with Crippen molar-refractivity contribution in [2.24, 2.45) is 5.92 Å². The molecule has 1 aromatic carbocycles. The standard InChI is InChI=1S/C28H34N2O6S/c1-34-27(32)24-18-6-2-3-8-22(18)37-26(24)29-23(31)15-30-13-12-28(33)11-5-4-7-19(28)25(30)17-9-10-20-21(14-17)36-16-35-20/h9-10,14,19,25,33H,2-8,11-13,15-16H2,1H3,(H,29,31)/t19-,25-,28+/m0/s1. The first-order valence-corrected chi connectivity index (χ1v) is 14.2. The van der Waals surface area contributed by atoms with E-state index in [4.69, 9.17) is 14.2 Å². The number of anilines is 1. The maximum Gasteiger partial charge on any atom is 0.341 e. The number of amides is 1. The molecule has 2 aromatic rings. The summed E-state index contributed by atoms with van der Waals surface area (Å²) in [5.74, 6) is 0.912. The van der Waals surface area contributed by atoms with Crippen molar-refractivity contribution in [2.45, 2.75) is 69.4 Å². The summed E-state index contributed by atoms with van der Waals surface area (Å²) in [4.78, 5) is 29.4. The zero-order chi connectivity index (χ0) is 25.6. The molecule has 1 amide bonds. The van der Waals surface area contributed by atoms with Crippen LogP contribution in [0.5, 0.6) is 11.5 Å². The minimum atomic E-state index is -0.725. The van der Waals surface area contributed by atoms with E-state index in [1.165, 1.54) is 23.3 Å². The molecule has 0 bridgehead atoms. The lowest BCUT2D eigenvalue weighted by Gasteiger charge is -2.52. The van der Waals surface area contributed by atoms with E-state index in [-0.39, 0.29) is 31.2 Å². The van der Waals surface area contributed by atoms with E-state index in [0.29, 0.717) is 29.3 Å². The topological polar surface area (TPSA) is 97.3 Å². The van der Waals surface area contributed by atoms with Crippen LogP contribution in [0.2, 0.25) is 0 Å². The van der Waals surface area contributed by atoms with Crippen molar-refractivity contribution in [3.8, 4) is 11.5 Å². The molecule has 8 nitrogen and oxygen atoms in total. The number of likely N-dealkylation sites (tertiary alicyclic amines) is 1. The number of fused-ring (bicyclic) bond motifs is 3. The molecule has 1 aromatic heterocycles. The van der Waals surface area contributed by atoms with Gasteiger partial charge in [-0.2, -0.15) is 0 Å². The Balaban J connectivity index is 1.27. The number of hydrogen-bond acceptors (Lipinski definition) is 8. The summed E-state index contributed by atoms with van der Waals surface area (Å²) in [6, 6.07) is 5.84. The summed E-state index contributed by atoms with van der Waals surface area (Å²) in [7, 11) is 1.38. The monoisotopic (exact) mass is 526 g/mol. The highest BCUT2D eigenvalue weighted by Gasteiger charge is 2.49.